The minimum atomic E-state index is -0.907. The first-order chi connectivity index (χ1) is 8.69. The van der Waals surface area contributed by atoms with Gasteiger partial charge in [-0.3, -0.25) is 14.4 Å². The number of carboxylic acid groups (broad SMARTS) is 1. The molecule has 1 rings (SSSR count). The van der Waals surface area contributed by atoms with E-state index in [1.54, 1.807) is 0 Å². The fourth-order valence-electron chi connectivity index (χ4n) is 2.14. The molecule has 0 saturated carbocycles. The van der Waals surface area contributed by atoms with Crippen LogP contribution >= 0.6 is 0 Å². The van der Waals surface area contributed by atoms with Crippen LogP contribution in [0.1, 0.15) is 33.6 Å². The topological polar surface area (TPSA) is 95.5 Å². The van der Waals surface area contributed by atoms with Crippen LogP contribution in [0.2, 0.25) is 0 Å². The maximum Gasteiger partial charge on any atom is 0.308 e. The second-order valence-corrected chi connectivity index (χ2v) is 6.25. The summed E-state index contributed by atoms with van der Waals surface area (Å²) in [6, 6.07) is 0. The zero-order valence-electron chi connectivity index (χ0n) is 11.7. The third-order valence-corrected chi connectivity index (χ3v) is 3.08. The largest absolute Gasteiger partial charge is 0.481 e. The van der Waals surface area contributed by atoms with Gasteiger partial charge in [-0.05, 0) is 11.8 Å². The van der Waals surface area contributed by atoms with E-state index in [0.29, 0.717) is 13.0 Å². The van der Waals surface area contributed by atoms with Gasteiger partial charge in [0.25, 0.3) is 0 Å². The molecule has 3 N–H and O–H groups in total. The third-order valence-electron chi connectivity index (χ3n) is 3.08. The summed E-state index contributed by atoms with van der Waals surface area (Å²) in [6.07, 6.45) is 0.674. The second-order valence-electron chi connectivity index (χ2n) is 6.25. The van der Waals surface area contributed by atoms with Crippen LogP contribution in [0.4, 0.5) is 0 Å². The zero-order chi connectivity index (χ0) is 14.6. The average molecular weight is 270 g/mol. The number of rotatable bonds is 5. The van der Waals surface area contributed by atoms with E-state index >= 15 is 0 Å². The first kappa shape index (κ1) is 15.5. The maximum absolute atomic E-state index is 11.8. The molecular weight excluding hydrogens is 248 g/mol. The van der Waals surface area contributed by atoms with Crippen LogP contribution in [0.15, 0.2) is 0 Å². The number of nitrogens with one attached hydrogen (secondary N) is 2. The SMILES string of the molecule is CC(C)(C)CC(CNC(=O)C1CNC(=O)C1)C(=O)O. The van der Waals surface area contributed by atoms with Crippen LogP contribution < -0.4 is 10.6 Å². The molecule has 1 fully saturated rings. The molecule has 6 heteroatoms. The van der Waals surface area contributed by atoms with Crippen molar-refractivity contribution >= 4 is 17.8 Å². The maximum atomic E-state index is 11.8. The standard InChI is InChI=1S/C13H22N2O4/c1-13(2,3)5-9(12(18)19)7-15-11(17)8-4-10(16)14-6-8/h8-9H,4-7H2,1-3H3,(H,14,16)(H,15,17)(H,18,19). The Balaban J connectivity index is 2.45. The van der Waals surface area contributed by atoms with E-state index in [-0.39, 0.29) is 36.1 Å². The Hall–Kier alpha value is -1.59. The molecule has 0 spiro atoms. The normalized spacial score (nSPS) is 20.8. The van der Waals surface area contributed by atoms with Crippen LogP contribution in [-0.4, -0.2) is 36.0 Å². The van der Waals surface area contributed by atoms with Gasteiger partial charge in [0.05, 0.1) is 11.8 Å². The Morgan fingerprint density at radius 1 is 1.47 bits per heavy atom. The van der Waals surface area contributed by atoms with E-state index in [1.165, 1.54) is 0 Å². The number of aliphatic carboxylic acids is 1. The lowest BCUT2D eigenvalue weighted by atomic mass is 9.84. The summed E-state index contributed by atoms with van der Waals surface area (Å²) in [7, 11) is 0. The summed E-state index contributed by atoms with van der Waals surface area (Å²) in [6.45, 7) is 6.33. The molecule has 0 aromatic carbocycles. The molecule has 0 bridgehead atoms. The van der Waals surface area contributed by atoms with Gasteiger partial charge < -0.3 is 15.7 Å². The van der Waals surface area contributed by atoms with Gasteiger partial charge in [0.1, 0.15) is 0 Å². The molecule has 1 heterocycles. The van der Waals surface area contributed by atoms with Gasteiger partial charge in [-0.1, -0.05) is 20.8 Å². The highest BCUT2D eigenvalue weighted by atomic mass is 16.4. The fourth-order valence-corrected chi connectivity index (χ4v) is 2.14. The van der Waals surface area contributed by atoms with E-state index in [0.717, 1.165) is 0 Å². The summed E-state index contributed by atoms with van der Waals surface area (Å²) < 4.78 is 0. The van der Waals surface area contributed by atoms with Gasteiger partial charge in [-0.2, -0.15) is 0 Å². The van der Waals surface area contributed by atoms with Gasteiger partial charge in [0.2, 0.25) is 11.8 Å². The molecule has 0 aromatic heterocycles. The highest BCUT2D eigenvalue weighted by molar-refractivity contribution is 5.89. The minimum absolute atomic E-state index is 0.107. The molecule has 2 atom stereocenters. The van der Waals surface area contributed by atoms with E-state index in [9.17, 15) is 14.4 Å². The van der Waals surface area contributed by atoms with Gasteiger partial charge in [-0.25, -0.2) is 0 Å². The summed E-state index contributed by atoms with van der Waals surface area (Å²) in [5.74, 6) is -2.27. The third kappa shape index (κ3) is 5.28. The summed E-state index contributed by atoms with van der Waals surface area (Å²) in [5.41, 5.74) is -0.112. The average Bonchev–Trinajstić information content (AvgIpc) is 2.68. The molecule has 1 saturated heterocycles. The van der Waals surface area contributed by atoms with E-state index in [2.05, 4.69) is 10.6 Å². The molecule has 0 aliphatic carbocycles. The van der Waals surface area contributed by atoms with Crippen molar-refractivity contribution in [1.29, 1.82) is 0 Å². The van der Waals surface area contributed by atoms with E-state index < -0.39 is 11.9 Å². The van der Waals surface area contributed by atoms with Crippen LogP contribution in [-0.2, 0) is 14.4 Å². The smallest absolute Gasteiger partial charge is 0.308 e. The Labute approximate surface area is 112 Å². The Morgan fingerprint density at radius 3 is 2.53 bits per heavy atom. The molecule has 1 aliphatic heterocycles. The van der Waals surface area contributed by atoms with Crippen molar-refractivity contribution in [2.45, 2.75) is 33.6 Å². The first-order valence-corrected chi connectivity index (χ1v) is 6.46. The van der Waals surface area contributed by atoms with Crippen molar-refractivity contribution in [2.24, 2.45) is 17.3 Å². The summed E-state index contributed by atoms with van der Waals surface area (Å²) >= 11 is 0. The fraction of sp³-hybridized carbons (Fsp3) is 0.769. The van der Waals surface area contributed by atoms with Crippen LogP contribution in [0.5, 0.6) is 0 Å². The quantitative estimate of drug-likeness (QED) is 0.673. The number of hydrogen-bond acceptors (Lipinski definition) is 3. The summed E-state index contributed by atoms with van der Waals surface area (Å²) in [5, 5.41) is 14.4. The molecule has 2 unspecified atom stereocenters. The molecular formula is C13H22N2O4. The lowest BCUT2D eigenvalue weighted by Gasteiger charge is -2.23. The zero-order valence-corrected chi connectivity index (χ0v) is 11.7. The van der Waals surface area contributed by atoms with Gasteiger partial charge in [0, 0.05) is 19.5 Å². The molecule has 0 radical (unpaired) electrons. The predicted octanol–water partition coefficient (Wildman–Crippen LogP) is 0.376. The molecule has 108 valence electrons. The monoisotopic (exact) mass is 270 g/mol. The van der Waals surface area contributed by atoms with Crippen LogP contribution in [0.3, 0.4) is 0 Å². The second kappa shape index (κ2) is 6.04. The van der Waals surface area contributed by atoms with Gasteiger partial charge >= 0.3 is 5.97 Å². The van der Waals surface area contributed by atoms with Gasteiger partial charge in [0.15, 0.2) is 0 Å². The first-order valence-electron chi connectivity index (χ1n) is 6.46. The highest BCUT2D eigenvalue weighted by Crippen LogP contribution is 2.24. The lowest BCUT2D eigenvalue weighted by molar-refractivity contribution is -0.142. The van der Waals surface area contributed by atoms with Crippen LogP contribution in [0, 0.1) is 17.3 Å². The number of carboxylic acids is 1. The van der Waals surface area contributed by atoms with E-state index in [1.807, 2.05) is 20.8 Å². The lowest BCUT2D eigenvalue weighted by Crippen LogP contribution is -2.38. The molecule has 1 aliphatic rings. The van der Waals surface area contributed by atoms with Crippen molar-refractivity contribution in [1.82, 2.24) is 10.6 Å². The molecule has 2 amide bonds. The van der Waals surface area contributed by atoms with Crippen molar-refractivity contribution in [3.05, 3.63) is 0 Å². The minimum Gasteiger partial charge on any atom is -0.481 e. The van der Waals surface area contributed by atoms with E-state index in [4.69, 9.17) is 5.11 Å². The molecule has 0 aromatic rings. The summed E-state index contributed by atoms with van der Waals surface area (Å²) in [4.78, 5) is 33.9. The Morgan fingerprint density at radius 2 is 2.11 bits per heavy atom. The number of carbonyl (C=O) groups excluding carboxylic acids is 2. The highest BCUT2D eigenvalue weighted by Gasteiger charge is 2.30. The van der Waals surface area contributed by atoms with Crippen molar-refractivity contribution in [3.63, 3.8) is 0 Å². The van der Waals surface area contributed by atoms with Crippen LogP contribution in [0.25, 0.3) is 0 Å². The van der Waals surface area contributed by atoms with Crippen molar-refractivity contribution in [3.8, 4) is 0 Å². The Bertz CT molecular complexity index is 373. The number of hydrogen-bond donors (Lipinski definition) is 3. The Kier molecular flexibility index (Phi) is 4.91. The van der Waals surface area contributed by atoms with Crippen molar-refractivity contribution in [2.75, 3.05) is 13.1 Å². The number of amides is 2. The number of carbonyl (C=O) groups is 3. The van der Waals surface area contributed by atoms with Crippen molar-refractivity contribution < 1.29 is 19.5 Å². The molecule has 6 nitrogen and oxygen atoms in total. The van der Waals surface area contributed by atoms with Gasteiger partial charge in [-0.15, -0.1) is 0 Å². The molecule has 19 heavy (non-hydrogen) atoms. The predicted molar refractivity (Wildman–Crippen MR) is 69.3 cm³/mol.